The van der Waals surface area contributed by atoms with Gasteiger partial charge in [-0.3, -0.25) is 0 Å². The highest BCUT2D eigenvalue weighted by molar-refractivity contribution is 4.82. The van der Waals surface area contributed by atoms with E-state index in [0.29, 0.717) is 0 Å². The van der Waals surface area contributed by atoms with E-state index in [1.807, 2.05) is 6.92 Å². The minimum absolute atomic E-state index is 0.131. The first-order valence-corrected chi connectivity index (χ1v) is 5.33. The first kappa shape index (κ1) is 12.9. The van der Waals surface area contributed by atoms with Crippen molar-refractivity contribution < 1.29 is 9.84 Å². The van der Waals surface area contributed by atoms with Crippen LogP contribution in [0.3, 0.4) is 0 Å². The van der Waals surface area contributed by atoms with Gasteiger partial charge in [0.25, 0.3) is 0 Å². The summed E-state index contributed by atoms with van der Waals surface area (Å²) in [6.07, 6.45) is 2.87. The summed E-state index contributed by atoms with van der Waals surface area (Å²) in [4.78, 5) is 0. The van der Waals surface area contributed by atoms with Crippen LogP contribution in [0.15, 0.2) is 0 Å². The van der Waals surface area contributed by atoms with Gasteiger partial charge in [0.05, 0.1) is 19.3 Å². The third-order valence-corrected chi connectivity index (χ3v) is 2.10. The van der Waals surface area contributed by atoms with Crippen molar-refractivity contribution in [1.82, 2.24) is 0 Å². The lowest BCUT2D eigenvalue weighted by Gasteiger charge is -2.39. The van der Waals surface area contributed by atoms with Crippen LogP contribution in [-0.2, 0) is 4.74 Å². The minimum Gasteiger partial charge on any atom is -0.393 e. The lowest BCUT2D eigenvalue weighted by Crippen LogP contribution is -2.42. The average molecular weight is 188 g/mol. The molecule has 1 unspecified atom stereocenters. The highest BCUT2D eigenvalue weighted by atomic mass is 16.5. The molecule has 0 bridgehead atoms. The van der Waals surface area contributed by atoms with Crippen LogP contribution in [0.1, 0.15) is 47.0 Å². The number of hydrogen-bond acceptors (Lipinski definition) is 2. The van der Waals surface area contributed by atoms with Gasteiger partial charge in [-0.1, -0.05) is 34.1 Å². The molecule has 2 heteroatoms. The molecule has 1 fully saturated rings. The van der Waals surface area contributed by atoms with Crippen LogP contribution in [0.2, 0.25) is 0 Å². The third kappa shape index (κ3) is 5.27. The van der Waals surface area contributed by atoms with Crippen molar-refractivity contribution in [2.45, 2.75) is 53.1 Å². The summed E-state index contributed by atoms with van der Waals surface area (Å²) in [5, 5.41) is 9.30. The zero-order valence-corrected chi connectivity index (χ0v) is 9.47. The van der Waals surface area contributed by atoms with Gasteiger partial charge in [-0.15, -0.1) is 0 Å². The number of aliphatic hydroxyl groups excluding tert-OH is 1. The Kier molecular flexibility index (Phi) is 6.35. The molecular formula is C11H24O2. The molecule has 0 spiro atoms. The lowest BCUT2D eigenvalue weighted by molar-refractivity contribution is -0.121. The van der Waals surface area contributed by atoms with Crippen molar-refractivity contribution in [2.24, 2.45) is 5.41 Å². The topological polar surface area (TPSA) is 29.5 Å². The molecule has 80 valence electrons. The molecule has 0 aromatic rings. The summed E-state index contributed by atoms with van der Waals surface area (Å²) in [6.45, 7) is 10.1. The molecule has 0 radical (unpaired) electrons. The molecule has 1 heterocycles. The average Bonchev–Trinajstić information content (AvgIpc) is 2.03. The standard InChI is InChI=1S/C8H16O2.C3H8/c1-3-7(9)4-8(2)5-10-6-8;1-3-2/h7,9H,3-6H2,1-2H3;3H2,1-2H3. The molecule has 0 aromatic heterocycles. The van der Waals surface area contributed by atoms with Gasteiger partial charge in [-0.2, -0.15) is 0 Å². The van der Waals surface area contributed by atoms with Gasteiger partial charge in [-0.05, 0) is 12.8 Å². The van der Waals surface area contributed by atoms with Crippen molar-refractivity contribution in [3.05, 3.63) is 0 Å². The number of ether oxygens (including phenoxy) is 1. The Morgan fingerprint density at radius 3 is 2.00 bits per heavy atom. The molecule has 1 rings (SSSR count). The summed E-state index contributed by atoms with van der Waals surface area (Å²) in [7, 11) is 0. The molecule has 0 aliphatic carbocycles. The Hall–Kier alpha value is -0.0800. The monoisotopic (exact) mass is 188 g/mol. The Labute approximate surface area is 82.3 Å². The maximum absolute atomic E-state index is 9.30. The molecule has 0 amide bonds. The van der Waals surface area contributed by atoms with Gasteiger partial charge in [0, 0.05) is 5.41 Å². The molecule has 1 aliphatic heterocycles. The second-order valence-corrected chi connectivity index (χ2v) is 4.28. The number of rotatable bonds is 3. The van der Waals surface area contributed by atoms with Gasteiger partial charge in [0.15, 0.2) is 0 Å². The Morgan fingerprint density at radius 1 is 1.31 bits per heavy atom. The molecule has 2 nitrogen and oxygen atoms in total. The smallest absolute Gasteiger partial charge is 0.0544 e. The van der Waals surface area contributed by atoms with E-state index in [2.05, 4.69) is 20.8 Å². The number of aliphatic hydroxyl groups is 1. The van der Waals surface area contributed by atoms with E-state index in [1.165, 1.54) is 6.42 Å². The fraction of sp³-hybridized carbons (Fsp3) is 1.00. The normalized spacial score (nSPS) is 21.0. The van der Waals surface area contributed by atoms with Crippen LogP contribution >= 0.6 is 0 Å². The maximum Gasteiger partial charge on any atom is 0.0544 e. The second-order valence-electron chi connectivity index (χ2n) is 4.28. The van der Waals surface area contributed by atoms with E-state index in [0.717, 1.165) is 26.1 Å². The molecule has 0 aromatic carbocycles. The third-order valence-electron chi connectivity index (χ3n) is 2.10. The van der Waals surface area contributed by atoms with E-state index in [-0.39, 0.29) is 11.5 Å². The Balaban J connectivity index is 0.000000424. The van der Waals surface area contributed by atoms with Gasteiger partial charge in [-0.25, -0.2) is 0 Å². The summed E-state index contributed by atoms with van der Waals surface area (Å²) in [5.74, 6) is 0. The highest BCUT2D eigenvalue weighted by Gasteiger charge is 2.34. The van der Waals surface area contributed by atoms with E-state index in [9.17, 15) is 5.11 Å². The van der Waals surface area contributed by atoms with Crippen molar-refractivity contribution in [3.8, 4) is 0 Å². The van der Waals surface area contributed by atoms with Crippen molar-refractivity contribution in [1.29, 1.82) is 0 Å². The molecule has 1 aliphatic rings. The quantitative estimate of drug-likeness (QED) is 0.737. The van der Waals surface area contributed by atoms with Gasteiger partial charge >= 0.3 is 0 Å². The highest BCUT2D eigenvalue weighted by Crippen LogP contribution is 2.32. The van der Waals surface area contributed by atoms with Crippen LogP contribution in [0.5, 0.6) is 0 Å². The summed E-state index contributed by atoms with van der Waals surface area (Å²) >= 11 is 0. The number of hydrogen-bond donors (Lipinski definition) is 1. The Bertz CT molecular complexity index is 119. The van der Waals surface area contributed by atoms with E-state index < -0.39 is 0 Å². The van der Waals surface area contributed by atoms with Crippen LogP contribution in [0.4, 0.5) is 0 Å². The second kappa shape index (κ2) is 6.39. The zero-order chi connectivity index (χ0) is 10.3. The van der Waals surface area contributed by atoms with E-state index in [1.54, 1.807) is 0 Å². The van der Waals surface area contributed by atoms with Crippen molar-refractivity contribution in [2.75, 3.05) is 13.2 Å². The maximum atomic E-state index is 9.30. The van der Waals surface area contributed by atoms with E-state index in [4.69, 9.17) is 4.74 Å². The van der Waals surface area contributed by atoms with Crippen LogP contribution in [0.25, 0.3) is 0 Å². The summed E-state index contributed by atoms with van der Waals surface area (Å²) in [6, 6.07) is 0. The predicted molar refractivity (Wildman–Crippen MR) is 55.8 cm³/mol. The molecule has 1 saturated heterocycles. The molecule has 1 N–H and O–H groups in total. The Morgan fingerprint density at radius 2 is 1.77 bits per heavy atom. The molecule has 0 saturated carbocycles. The van der Waals surface area contributed by atoms with Gasteiger partial charge in [0.2, 0.25) is 0 Å². The fourth-order valence-electron chi connectivity index (χ4n) is 1.28. The molecule has 13 heavy (non-hydrogen) atoms. The first-order chi connectivity index (χ1) is 6.08. The zero-order valence-electron chi connectivity index (χ0n) is 9.47. The first-order valence-electron chi connectivity index (χ1n) is 5.33. The van der Waals surface area contributed by atoms with Crippen molar-refractivity contribution >= 4 is 0 Å². The van der Waals surface area contributed by atoms with Gasteiger partial charge < -0.3 is 9.84 Å². The van der Waals surface area contributed by atoms with Crippen molar-refractivity contribution in [3.63, 3.8) is 0 Å². The van der Waals surface area contributed by atoms with Gasteiger partial charge in [0.1, 0.15) is 0 Å². The van der Waals surface area contributed by atoms with Crippen LogP contribution < -0.4 is 0 Å². The SMILES string of the molecule is CCC.CCC(O)CC1(C)COC1. The minimum atomic E-state index is -0.131. The largest absolute Gasteiger partial charge is 0.393 e. The molecular weight excluding hydrogens is 164 g/mol. The summed E-state index contributed by atoms with van der Waals surface area (Å²) < 4.78 is 5.07. The lowest BCUT2D eigenvalue weighted by atomic mass is 9.82. The fourth-order valence-corrected chi connectivity index (χ4v) is 1.28. The molecule has 1 atom stereocenters. The summed E-state index contributed by atoms with van der Waals surface area (Å²) in [5.41, 5.74) is 0.273. The van der Waals surface area contributed by atoms with E-state index >= 15 is 0 Å². The van der Waals surface area contributed by atoms with Crippen LogP contribution in [0, 0.1) is 5.41 Å². The van der Waals surface area contributed by atoms with Crippen LogP contribution in [-0.4, -0.2) is 24.4 Å². The predicted octanol–water partition coefficient (Wildman–Crippen LogP) is 2.60.